The van der Waals surface area contributed by atoms with Gasteiger partial charge in [0.05, 0.1) is 5.69 Å². The Hall–Kier alpha value is -2.21. The predicted octanol–water partition coefficient (Wildman–Crippen LogP) is 4.02. The fourth-order valence-corrected chi connectivity index (χ4v) is 2.50. The van der Waals surface area contributed by atoms with Crippen LogP contribution in [0.4, 0.5) is 5.69 Å². The van der Waals surface area contributed by atoms with Crippen LogP contribution in [0.25, 0.3) is 0 Å². The third-order valence-electron chi connectivity index (χ3n) is 3.44. The molecule has 2 amide bonds. The number of hydrogen-bond acceptors (Lipinski definition) is 3. The summed E-state index contributed by atoms with van der Waals surface area (Å²) in [6, 6.07) is 10.4. The van der Waals surface area contributed by atoms with E-state index in [1.807, 2.05) is 18.2 Å². The predicted molar refractivity (Wildman–Crippen MR) is 98.2 cm³/mol. The molecule has 0 radical (unpaired) electrons. The zero-order valence-electron chi connectivity index (χ0n) is 13.5. The Bertz CT molecular complexity index is 719. The van der Waals surface area contributed by atoms with Crippen molar-refractivity contribution in [3.63, 3.8) is 0 Å². The summed E-state index contributed by atoms with van der Waals surface area (Å²) in [4.78, 5) is 28.5. The molecule has 0 aliphatic carbocycles. The van der Waals surface area contributed by atoms with Crippen LogP contribution in [0.2, 0.25) is 0 Å². The summed E-state index contributed by atoms with van der Waals surface area (Å²) in [5.41, 5.74) is 1.30. The number of anilines is 1. The normalized spacial score (nSPS) is 10.2. The molecule has 0 saturated carbocycles. The van der Waals surface area contributed by atoms with E-state index in [-0.39, 0.29) is 17.5 Å². The molecule has 1 aromatic heterocycles. The van der Waals surface area contributed by atoms with Gasteiger partial charge in [0.2, 0.25) is 0 Å². The van der Waals surface area contributed by atoms with Crippen LogP contribution in [-0.2, 0) is 0 Å². The molecule has 2 rings (SSSR count). The molecule has 0 spiro atoms. The lowest BCUT2D eigenvalue weighted by atomic mass is 10.2. The minimum absolute atomic E-state index is 0.242. The van der Waals surface area contributed by atoms with Crippen LogP contribution in [0, 0.1) is 0 Å². The molecule has 0 aliphatic rings. The average molecular weight is 390 g/mol. The lowest BCUT2D eigenvalue weighted by Gasteiger charge is -2.08. The molecule has 1 aromatic carbocycles. The maximum Gasteiger partial charge on any atom is 0.269 e. The molecule has 0 saturated heterocycles. The Balaban J connectivity index is 2.02. The second-order valence-corrected chi connectivity index (χ2v) is 6.18. The summed E-state index contributed by atoms with van der Waals surface area (Å²) < 4.78 is 0.793. The van der Waals surface area contributed by atoms with Crippen LogP contribution in [0.5, 0.6) is 0 Å². The maximum absolute atomic E-state index is 12.3. The molecular weight excluding hydrogens is 370 g/mol. The van der Waals surface area contributed by atoms with Crippen molar-refractivity contribution in [3.8, 4) is 0 Å². The minimum atomic E-state index is -0.288. The van der Waals surface area contributed by atoms with Gasteiger partial charge in [-0.1, -0.05) is 31.9 Å². The molecule has 0 bridgehead atoms. The quantitative estimate of drug-likeness (QED) is 0.702. The lowest BCUT2D eigenvalue weighted by molar-refractivity contribution is 0.0948. The van der Waals surface area contributed by atoms with Gasteiger partial charge in [-0.25, -0.2) is 0 Å². The third kappa shape index (κ3) is 5.16. The Morgan fingerprint density at radius 1 is 1.12 bits per heavy atom. The number of aromatic nitrogens is 1. The van der Waals surface area contributed by atoms with E-state index in [4.69, 9.17) is 0 Å². The van der Waals surface area contributed by atoms with E-state index in [0.29, 0.717) is 17.8 Å². The molecule has 0 fully saturated rings. The second-order valence-electron chi connectivity index (χ2n) is 5.33. The van der Waals surface area contributed by atoms with Crippen LogP contribution >= 0.6 is 15.9 Å². The summed E-state index contributed by atoms with van der Waals surface area (Å²) >= 11 is 3.38. The first-order chi connectivity index (χ1) is 11.6. The highest BCUT2D eigenvalue weighted by Crippen LogP contribution is 2.21. The van der Waals surface area contributed by atoms with E-state index in [1.54, 1.807) is 12.1 Å². The van der Waals surface area contributed by atoms with E-state index in [0.717, 1.165) is 23.7 Å². The van der Waals surface area contributed by atoms with E-state index in [2.05, 4.69) is 38.5 Å². The Labute approximate surface area is 150 Å². The van der Waals surface area contributed by atoms with Gasteiger partial charge < -0.3 is 10.6 Å². The van der Waals surface area contributed by atoms with Gasteiger partial charge in [0.15, 0.2) is 0 Å². The van der Waals surface area contributed by atoms with Crippen LogP contribution in [0.3, 0.4) is 0 Å². The standard InChI is InChI=1S/C18H20BrN3O2/c1-2-3-6-10-21-18(24)16-12-13(9-11-20-16)17(23)22-15-8-5-4-7-14(15)19/h4-5,7-9,11-12H,2-3,6,10H2,1H3,(H,21,24)(H,22,23). The number of benzene rings is 1. The SMILES string of the molecule is CCCCCNC(=O)c1cc(C(=O)Nc2ccccc2Br)ccn1. The van der Waals surface area contributed by atoms with Crippen molar-refractivity contribution in [2.24, 2.45) is 0 Å². The molecule has 0 unspecified atom stereocenters. The number of rotatable bonds is 7. The molecule has 0 atom stereocenters. The Morgan fingerprint density at radius 3 is 2.67 bits per heavy atom. The fourth-order valence-electron chi connectivity index (χ4n) is 2.12. The number of halogens is 1. The molecule has 24 heavy (non-hydrogen) atoms. The van der Waals surface area contributed by atoms with Gasteiger partial charge in [0.1, 0.15) is 5.69 Å². The van der Waals surface area contributed by atoms with Gasteiger partial charge in [-0.05, 0) is 46.6 Å². The summed E-state index contributed by atoms with van der Waals surface area (Å²) in [5.74, 6) is -0.550. The zero-order valence-corrected chi connectivity index (χ0v) is 15.1. The number of carbonyl (C=O) groups excluding carboxylic acids is 2. The number of hydrogen-bond donors (Lipinski definition) is 2. The smallest absolute Gasteiger partial charge is 0.269 e. The highest BCUT2D eigenvalue weighted by molar-refractivity contribution is 9.10. The van der Waals surface area contributed by atoms with E-state index in [1.165, 1.54) is 12.3 Å². The van der Waals surface area contributed by atoms with Crippen molar-refractivity contribution in [2.45, 2.75) is 26.2 Å². The number of nitrogens with zero attached hydrogens (tertiary/aromatic N) is 1. The topological polar surface area (TPSA) is 71.1 Å². The summed E-state index contributed by atoms with van der Waals surface area (Å²) in [5, 5.41) is 5.63. The molecule has 6 heteroatoms. The highest BCUT2D eigenvalue weighted by Gasteiger charge is 2.12. The lowest BCUT2D eigenvalue weighted by Crippen LogP contribution is -2.25. The van der Waals surface area contributed by atoms with Gasteiger partial charge >= 0.3 is 0 Å². The Kier molecular flexibility index (Phi) is 6.93. The number of unbranched alkanes of at least 4 members (excludes halogenated alkanes) is 2. The van der Waals surface area contributed by atoms with Crippen LogP contribution < -0.4 is 10.6 Å². The van der Waals surface area contributed by atoms with Gasteiger partial charge in [-0.15, -0.1) is 0 Å². The molecule has 5 nitrogen and oxygen atoms in total. The first kappa shape index (κ1) is 18.1. The van der Waals surface area contributed by atoms with Crippen molar-refractivity contribution in [1.82, 2.24) is 10.3 Å². The van der Waals surface area contributed by atoms with Crippen LogP contribution in [0.15, 0.2) is 47.1 Å². The summed E-state index contributed by atoms with van der Waals surface area (Å²) in [6.45, 7) is 2.72. The zero-order chi connectivity index (χ0) is 17.4. The van der Waals surface area contributed by atoms with Crippen molar-refractivity contribution in [1.29, 1.82) is 0 Å². The number of nitrogens with one attached hydrogen (secondary N) is 2. The van der Waals surface area contributed by atoms with Crippen LogP contribution in [0.1, 0.15) is 47.0 Å². The number of para-hydroxylation sites is 1. The third-order valence-corrected chi connectivity index (χ3v) is 4.13. The average Bonchev–Trinajstić information content (AvgIpc) is 2.60. The van der Waals surface area contributed by atoms with Crippen molar-refractivity contribution >= 4 is 33.4 Å². The second kappa shape index (κ2) is 9.17. The molecule has 2 aromatic rings. The van der Waals surface area contributed by atoms with Gasteiger partial charge in [-0.2, -0.15) is 0 Å². The van der Waals surface area contributed by atoms with E-state index in [9.17, 15) is 9.59 Å². The highest BCUT2D eigenvalue weighted by atomic mass is 79.9. The Morgan fingerprint density at radius 2 is 1.92 bits per heavy atom. The number of carbonyl (C=O) groups is 2. The fraction of sp³-hybridized carbons (Fsp3) is 0.278. The van der Waals surface area contributed by atoms with Gasteiger partial charge in [-0.3, -0.25) is 14.6 Å². The van der Waals surface area contributed by atoms with Crippen molar-refractivity contribution < 1.29 is 9.59 Å². The molecular formula is C18H20BrN3O2. The molecule has 0 aliphatic heterocycles. The summed E-state index contributed by atoms with van der Waals surface area (Å²) in [6.07, 6.45) is 4.57. The number of pyridine rings is 1. The van der Waals surface area contributed by atoms with Gasteiger partial charge in [0, 0.05) is 22.8 Å². The van der Waals surface area contributed by atoms with E-state index >= 15 is 0 Å². The summed E-state index contributed by atoms with van der Waals surface area (Å²) in [7, 11) is 0. The van der Waals surface area contributed by atoms with Crippen LogP contribution in [-0.4, -0.2) is 23.3 Å². The first-order valence-corrected chi connectivity index (χ1v) is 8.71. The molecule has 126 valence electrons. The minimum Gasteiger partial charge on any atom is -0.351 e. The first-order valence-electron chi connectivity index (χ1n) is 7.92. The van der Waals surface area contributed by atoms with Crippen molar-refractivity contribution in [2.75, 3.05) is 11.9 Å². The van der Waals surface area contributed by atoms with Gasteiger partial charge in [0.25, 0.3) is 11.8 Å². The maximum atomic E-state index is 12.3. The van der Waals surface area contributed by atoms with E-state index < -0.39 is 0 Å². The monoisotopic (exact) mass is 389 g/mol. The largest absolute Gasteiger partial charge is 0.351 e. The molecule has 1 heterocycles. The van der Waals surface area contributed by atoms with Crippen molar-refractivity contribution in [3.05, 3.63) is 58.3 Å². The molecule has 2 N–H and O–H groups in total. The number of amides is 2.